The highest BCUT2D eigenvalue weighted by Crippen LogP contribution is 2.26. The van der Waals surface area contributed by atoms with E-state index in [9.17, 15) is 4.79 Å². The molecule has 4 rings (SSSR count). The summed E-state index contributed by atoms with van der Waals surface area (Å²) in [5, 5.41) is 0.713. The molecule has 0 N–H and O–H groups in total. The van der Waals surface area contributed by atoms with Crippen molar-refractivity contribution in [2.24, 2.45) is 5.92 Å². The first-order chi connectivity index (χ1) is 15.7. The van der Waals surface area contributed by atoms with Gasteiger partial charge in [-0.2, -0.15) is 0 Å². The quantitative estimate of drug-likeness (QED) is 0.510. The third-order valence-corrected chi connectivity index (χ3v) is 6.94. The molecular formula is C28H38N4O. The van der Waals surface area contributed by atoms with Crippen LogP contribution in [0.4, 0.5) is 5.69 Å². The fourth-order valence-electron chi connectivity index (χ4n) is 4.96. The van der Waals surface area contributed by atoms with E-state index in [1.54, 1.807) is 0 Å². The van der Waals surface area contributed by atoms with E-state index in [0.29, 0.717) is 17.3 Å². The molecule has 0 amide bonds. The molecule has 3 aromatic rings. The standard InChI is InChI=1S/C28H38N4O/c1-19(2)27-29-26-14-11-23(22-9-12-24(13-10-22)30(5)6)16-25(26)28(33)32(27)18-21-8-7-15-31(17-21)20(3)4/h9-14,16,19-21H,7-8,15,17-18H2,1-6H3/t21-/m0/s1. The normalized spacial score (nSPS) is 17.3. The highest BCUT2D eigenvalue weighted by Gasteiger charge is 2.24. The molecule has 0 bridgehead atoms. The van der Waals surface area contributed by atoms with E-state index in [0.717, 1.165) is 47.8 Å². The zero-order valence-corrected chi connectivity index (χ0v) is 21.0. The van der Waals surface area contributed by atoms with Crippen LogP contribution in [-0.4, -0.2) is 47.7 Å². The predicted molar refractivity (Wildman–Crippen MR) is 139 cm³/mol. The molecule has 2 aromatic carbocycles. The molecule has 1 aliphatic heterocycles. The minimum atomic E-state index is 0.0946. The summed E-state index contributed by atoms with van der Waals surface area (Å²) in [7, 11) is 4.08. The molecule has 0 unspecified atom stereocenters. The topological polar surface area (TPSA) is 41.4 Å². The van der Waals surface area contributed by atoms with E-state index in [2.05, 4.69) is 67.8 Å². The van der Waals surface area contributed by atoms with Crippen molar-refractivity contribution >= 4 is 16.6 Å². The van der Waals surface area contributed by atoms with Crippen LogP contribution in [0.3, 0.4) is 0 Å². The predicted octanol–water partition coefficient (Wildman–Crippen LogP) is 5.37. The maximum Gasteiger partial charge on any atom is 0.261 e. The van der Waals surface area contributed by atoms with Gasteiger partial charge in [0, 0.05) is 44.8 Å². The van der Waals surface area contributed by atoms with Crippen molar-refractivity contribution in [3.05, 3.63) is 58.6 Å². The van der Waals surface area contributed by atoms with Gasteiger partial charge in [-0.05, 0) is 74.5 Å². The number of piperidine rings is 1. The summed E-state index contributed by atoms with van der Waals surface area (Å²) < 4.78 is 1.97. The molecule has 0 saturated carbocycles. The van der Waals surface area contributed by atoms with Crippen LogP contribution in [0, 0.1) is 5.92 Å². The maximum atomic E-state index is 13.8. The smallest absolute Gasteiger partial charge is 0.261 e. The van der Waals surface area contributed by atoms with Gasteiger partial charge in [0.2, 0.25) is 0 Å². The number of fused-ring (bicyclic) bond motifs is 1. The highest BCUT2D eigenvalue weighted by atomic mass is 16.1. The third-order valence-electron chi connectivity index (χ3n) is 6.94. The van der Waals surface area contributed by atoms with Gasteiger partial charge < -0.3 is 9.80 Å². The molecule has 0 aliphatic carbocycles. The van der Waals surface area contributed by atoms with Gasteiger partial charge in [0.05, 0.1) is 10.9 Å². The Morgan fingerprint density at radius 1 is 1.03 bits per heavy atom. The highest BCUT2D eigenvalue weighted by molar-refractivity contribution is 5.84. The summed E-state index contributed by atoms with van der Waals surface area (Å²) in [6, 6.07) is 15.1. The Kier molecular flexibility index (Phi) is 6.89. The van der Waals surface area contributed by atoms with Crippen LogP contribution in [0.1, 0.15) is 52.3 Å². The molecule has 1 atom stereocenters. The second-order valence-corrected chi connectivity index (χ2v) is 10.3. The summed E-state index contributed by atoms with van der Waals surface area (Å²) >= 11 is 0. The van der Waals surface area contributed by atoms with Gasteiger partial charge in [-0.3, -0.25) is 9.36 Å². The molecule has 1 aliphatic rings. The molecule has 5 heteroatoms. The number of nitrogens with zero attached hydrogens (tertiary/aromatic N) is 4. The molecule has 1 aromatic heterocycles. The summed E-state index contributed by atoms with van der Waals surface area (Å²) in [5.74, 6) is 1.58. The molecule has 5 nitrogen and oxygen atoms in total. The Bertz CT molecular complexity index is 1160. The zero-order chi connectivity index (χ0) is 23.7. The van der Waals surface area contributed by atoms with Crippen LogP contribution in [-0.2, 0) is 6.54 Å². The van der Waals surface area contributed by atoms with Gasteiger partial charge in [-0.25, -0.2) is 4.98 Å². The van der Waals surface area contributed by atoms with Crippen molar-refractivity contribution in [2.45, 2.75) is 59.0 Å². The van der Waals surface area contributed by atoms with E-state index < -0.39 is 0 Å². The summed E-state index contributed by atoms with van der Waals surface area (Å²) in [5.41, 5.74) is 4.21. The van der Waals surface area contributed by atoms with Crippen molar-refractivity contribution in [1.82, 2.24) is 14.5 Å². The average Bonchev–Trinajstić information content (AvgIpc) is 2.80. The molecule has 1 fully saturated rings. The minimum absolute atomic E-state index is 0.0946. The summed E-state index contributed by atoms with van der Waals surface area (Å²) in [6.07, 6.45) is 2.37. The number of likely N-dealkylation sites (tertiary alicyclic amines) is 1. The number of hydrogen-bond acceptors (Lipinski definition) is 4. The van der Waals surface area contributed by atoms with Crippen molar-refractivity contribution in [2.75, 3.05) is 32.1 Å². The van der Waals surface area contributed by atoms with Crippen molar-refractivity contribution in [3.8, 4) is 11.1 Å². The van der Waals surface area contributed by atoms with Gasteiger partial charge in [0.1, 0.15) is 5.82 Å². The fraction of sp³-hybridized carbons (Fsp3) is 0.500. The lowest BCUT2D eigenvalue weighted by Crippen LogP contribution is -2.42. The van der Waals surface area contributed by atoms with E-state index in [1.807, 2.05) is 30.8 Å². The van der Waals surface area contributed by atoms with E-state index in [-0.39, 0.29) is 11.5 Å². The molecule has 33 heavy (non-hydrogen) atoms. The molecule has 1 saturated heterocycles. The second kappa shape index (κ2) is 9.68. The Balaban J connectivity index is 1.73. The number of anilines is 1. The van der Waals surface area contributed by atoms with Crippen molar-refractivity contribution in [1.29, 1.82) is 0 Å². The monoisotopic (exact) mass is 446 g/mol. The lowest BCUT2D eigenvalue weighted by atomic mass is 9.96. The van der Waals surface area contributed by atoms with Gasteiger partial charge in [-0.15, -0.1) is 0 Å². The number of hydrogen-bond donors (Lipinski definition) is 0. The molecule has 0 radical (unpaired) electrons. The van der Waals surface area contributed by atoms with Crippen molar-refractivity contribution < 1.29 is 0 Å². The van der Waals surface area contributed by atoms with Crippen LogP contribution >= 0.6 is 0 Å². The van der Waals surface area contributed by atoms with Crippen LogP contribution in [0.25, 0.3) is 22.0 Å². The van der Waals surface area contributed by atoms with Crippen LogP contribution < -0.4 is 10.5 Å². The van der Waals surface area contributed by atoms with E-state index in [1.165, 1.54) is 12.8 Å². The SMILES string of the molecule is CC(C)c1nc2ccc(-c3ccc(N(C)C)cc3)cc2c(=O)n1C[C@H]1CCCN(C(C)C)C1. The number of benzene rings is 2. The summed E-state index contributed by atoms with van der Waals surface area (Å²) in [4.78, 5) is 23.4. The first-order valence-electron chi connectivity index (χ1n) is 12.3. The maximum absolute atomic E-state index is 13.8. The van der Waals surface area contributed by atoms with Crippen LogP contribution in [0.5, 0.6) is 0 Å². The molecule has 176 valence electrons. The first kappa shape index (κ1) is 23.5. The molecule has 0 spiro atoms. The van der Waals surface area contributed by atoms with Gasteiger partial charge >= 0.3 is 0 Å². The second-order valence-electron chi connectivity index (χ2n) is 10.3. The minimum Gasteiger partial charge on any atom is -0.378 e. The number of aromatic nitrogens is 2. The Morgan fingerprint density at radius 2 is 1.73 bits per heavy atom. The largest absolute Gasteiger partial charge is 0.378 e. The average molecular weight is 447 g/mol. The molecular weight excluding hydrogens is 408 g/mol. The number of rotatable bonds is 6. The fourth-order valence-corrected chi connectivity index (χ4v) is 4.96. The Labute approximate surface area is 198 Å². The Hall–Kier alpha value is -2.66. The van der Waals surface area contributed by atoms with E-state index in [4.69, 9.17) is 4.98 Å². The zero-order valence-electron chi connectivity index (χ0n) is 21.0. The lowest BCUT2D eigenvalue weighted by molar-refractivity contribution is 0.129. The molecule has 2 heterocycles. The lowest BCUT2D eigenvalue weighted by Gasteiger charge is -2.36. The first-order valence-corrected chi connectivity index (χ1v) is 12.3. The van der Waals surface area contributed by atoms with Gasteiger partial charge in [0.25, 0.3) is 5.56 Å². The Morgan fingerprint density at radius 3 is 2.36 bits per heavy atom. The third kappa shape index (κ3) is 4.98. The van der Waals surface area contributed by atoms with Gasteiger partial charge in [0.15, 0.2) is 0 Å². The van der Waals surface area contributed by atoms with Gasteiger partial charge in [-0.1, -0.05) is 32.0 Å². The van der Waals surface area contributed by atoms with Crippen molar-refractivity contribution in [3.63, 3.8) is 0 Å². The van der Waals surface area contributed by atoms with Crippen LogP contribution in [0.15, 0.2) is 47.3 Å². The summed E-state index contributed by atoms with van der Waals surface area (Å²) in [6.45, 7) is 11.7. The van der Waals surface area contributed by atoms with E-state index >= 15 is 0 Å². The van der Waals surface area contributed by atoms with Crippen LogP contribution in [0.2, 0.25) is 0 Å².